The highest BCUT2D eigenvalue weighted by Crippen LogP contribution is 2.18. The van der Waals surface area contributed by atoms with Crippen molar-refractivity contribution in [3.63, 3.8) is 0 Å². The Kier molecular flexibility index (Phi) is 12.6. The SMILES string of the molecule is CCCN(CCC)C(=O)c1cc(C)cc(C(=O)N[C@@H](Cc2cc(F)cc(F)c2)[C@@H](O)[C@@H](O)COCC2CCCO2)c1. The molecule has 1 unspecified atom stereocenters. The number of hydrogen-bond acceptors (Lipinski definition) is 6. The van der Waals surface area contributed by atoms with Crippen molar-refractivity contribution in [3.8, 4) is 0 Å². The molecule has 10 heteroatoms. The van der Waals surface area contributed by atoms with Gasteiger partial charge in [0.05, 0.1) is 25.4 Å². The highest BCUT2D eigenvalue weighted by Gasteiger charge is 2.30. The Hall–Kier alpha value is -2.92. The summed E-state index contributed by atoms with van der Waals surface area (Å²) in [6.07, 6.45) is 0.209. The molecule has 1 heterocycles. The summed E-state index contributed by atoms with van der Waals surface area (Å²) in [6, 6.07) is 6.64. The number of hydrogen-bond donors (Lipinski definition) is 3. The Morgan fingerprint density at radius 3 is 2.32 bits per heavy atom. The van der Waals surface area contributed by atoms with E-state index in [1.165, 1.54) is 6.07 Å². The standard InChI is InChI=1S/C31H42F2N2O6/c1-4-8-35(9-5-2)31(39)23-12-20(3)11-22(16-23)30(38)34-27(15-21-13-24(32)17-25(33)14-21)29(37)28(36)19-40-18-26-7-6-10-41-26/h11-14,16-17,26-29,36-37H,4-10,15,18-19H2,1-3H3,(H,34,38)/t26?,27-,28-,29+/m0/s1. The minimum Gasteiger partial charge on any atom is -0.388 e. The summed E-state index contributed by atoms with van der Waals surface area (Å²) in [5, 5.41) is 24.4. The molecule has 8 nitrogen and oxygen atoms in total. The van der Waals surface area contributed by atoms with Gasteiger partial charge in [0.25, 0.3) is 11.8 Å². The van der Waals surface area contributed by atoms with Crippen LogP contribution in [0.15, 0.2) is 36.4 Å². The maximum Gasteiger partial charge on any atom is 0.253 e. The number of aryl methyl sites for hydroxylation is 1. The van der Waals surface area contributed by atoms with E-state index in [0.29, 0.717) is 30.8 Å². The van der Waals surface area contributed by atoms with E-state index in [-0.39, 0.29) is 42.8 Å². The zero-order valence-electron chi connectivity index (χ0n) is 24.1. The summed E-state index contributed by atoms with van der Waals surface area (Å²) in [4.78, 5) is 28.4. The summed E-state index contributed by atoms with van der Waals surface area (Å²) < 4.78 is 38.9. The first-order valence-corrected chi connectivity index (χ1v) is 14.3. The molecule has 226 valence electrons. The van der Waals surface area contributed by atoms with Gasteiger partial charge in [0, 0.05) is 36.9 Å². The van der Waals surface area contributed by atoms with Crippen LogP contribution in [0.2, 0.25) is 0 Å². The molecule has 0 aliphatic carbocycles. The van der Waals surface area contributed by atoms with Crippen LogP contribution < -0.4 is 5.32 Å². The first kappa shape index (κ1) is 32.6. The first-order chi connectivity index (χ1) is 19.6. The molecule has 1 aliphatic heterocycles. The fraction of sp³-hybridized carbons (Fsp3) is 0.548. The van der Waals surface area contributed by atoms with Crippen LogP contribution in [-0.2, 0) is 15.9 Å². The predicted molar refractivity (Wildman–Crippen MR) is 151 cm³/mol. The predicted octanol–water partition coefficient (Wildman–Crippen LogP) is 3.79. The molecule has 41 heavy (non-hydrogen) atoms. The highest BCUT2D eigenvalue weighted by atomic mass is 19.1. The minimum atomic E-state index is -1.52. The highest BCUT2D eigenvalue weighted by molar-refractivity contribution is 6.00. The first-order valence-electron chi connectivity index (χ1n) is 14.3. The van der Waals surface area contributed by atoms with Crippen LogP contribution in [0.5, 0.6) is 0 Å². The number of carbonyl (C=O) groups excluding carboxylic acids is 2. The Labute approximate surface area is 240 Å². The number of benzene rings is 2. The average Bonchev–Trinajstić information content (AvgIpc) is 3.44. The smallest absolute Gasteiger partial charge is 0.253 e. The normalized spacial score (nSPS) is 17.2. The maximum atomic E-state index is 13.9. The number of aliphatic hydroxyl groups excluding tert-OH is 2. The van der Waals surface area contributed by atoms with Gasteiger partial charge >= 0.3 is 0 Å². The van der Waals surface area contributed by atoms with Crippen molar-refractivity contribution in [1.82, 2.24) is 10.2 Å². The number of halogens is 2. The molecule has 1 aliphatic rings. The summed E-state index contributed by atoms with van der Waals surface area (Å²) in [5.41, 5.74) is 1.44. The Morgan fingerprint density at radius 1 is 1.05 bits per heavy atom. The summed E-state index contributed by atoms with van der Waals surface area (Å²) in [7, 11) is 0. The van der Waals surface area contributed by atoms with Crippen LogP contribution in [0.25, 0.3) is 0 Å². The molecule has 0 aromatic heterocycles. The molecule has 0 radical (unpaired) electrons. The van der Waals surface area contributed by atoms with Gasteiger partial charge in [-0.15, -0.1) is 0 Å². The quantitative estimate of drug-likeness (QED) is 0.298. The summed E-state index contributed by atoms with van der Waals surface area (Å²) in [5.74, 6) is -2.39. The lowest BCUT2D eigenvalue weighted by molar-refractivity contribution is -0.0670. The number of rotatable bonds is 15. The van der Waals surface area contributed by atoms with Gasteiger partial charge in [-0.1, -0.05) is 13.8 Å². The Morgan fingerprint density at radius 2 is 1.71 bits per heavy atom. The van der Waals surface area contributed by atoms with Gasteiger partial charge in [0.1, 0.15) is 23.8 Å². The monoisotopic (exact) mass is 576 g/mol. The zero-order valence-corrected chi connectivity index (χ0v) is 24.1. The lowest BCUT2D eigenvalue weighted by Crippen LogP contribution is -2.51. The fourth-order valence-electron chi connectivity index (χ4n) is 5.03. The van der Waals surface area contributed by atoms with Crippen molar-refractivity contribution in [2.45, 2.75) is 77.2 Å². The van der Waals surface area contributed by atoms with E-state index >= 15 is 0 Å². The largest absolute Gasteiger partial charge is 0.388 e. The molecule has 2 amide bonds. The van der Waals surface area contributed by atoms with Crippen LogP contribution in [0.1, 0.15) is 71.4 Å². The van der Waals surface area contributed by atoms with Crippen molar-refractivity contribution in [2.75, 3.05) is 32.9 Å². The number of aliphatic hydroxyl groups is 2. The van der Waals surface area contributed by atoms with Gasteiger partial charge in [-0.3, -0.25) is 9.59 Å². The fourth-order valence-corrected chi connectivity index (χ4v) is 5.03. The topological polar surface area (TPSA) is 108 Å². The molecule has 4 atom stereocenters. The van der Waals surface area contributed by atoms with Crippen molar-refractivity contribution < 1.29 is 38.1 Å². The van der Waals surface area contributed by atoms with E-state index in [0.717, 1.165) is 43.9 Å². The van der Waals surface area contributed by atoms with Gasteiger partial charge in [-0.25, -0.2) is 8.78 Å². The van der Waals surface area contributed by atoms with Crippen LogP contribution >= 0.6 is 0 Å². The lowest BCUT2D eigenvalue weighted by atomic mass is 9.96. The molecule has 0 saturated carbocycles. The van der Waals surface area contributed by atoms with E-state index in [4.69, 9.17) is 9.47 Å². The third-order valence-corrected chi connectivity index (χ3v) is 6.98. The van der Waals surface area contributed by atoms with E-state index in [1.807, 2.05) is 13.8 Å². The van der Waals surface area contributed by atoms with E-state index in [2.05, 4.69) is 5.32 Å². The number of nitrogens with one attached hydrogen (secondary N) is 1. The van der Waals surface area contributed by atoms with E-state index in [1.54, 1.807) is 24.0 Å². The second kappa shape index (κ2) is 15.9. The minimum absolute atomic E-state index is 0.0751. The van der Waals surface area contributed by atoms with Crippen LogP contribution in [0.4, 0.5) is 8.78 Å². The number of nitrogens with zero attached hydrogens (tertiary/aromatic N) is 1. The van der Waals surface area contributed by atoms with Crippen molar-refractivity contribution >= 4 is 11.8 Å². The molecule has 2 aromatic rings. The van der Waals surface area contributed by atoms with Gasteiger partial charge in [-0.05, 0) is 80.5 Å². The van der Waals surface area contributed by atoms with Gasteiger partial charge < -0.3 is 29.9 Å². The lowest BCUT2D eigenvalue weighted by Gasteiger charge is -2.28. The molecule has 3 N–H and O–H groups in total. The van der Waals surface area contributed by atoms with Gasteiger partial charge in [-0.2, -0.15) is 0 Å². The number of ether oxygens (including phenoxy) is 2. The molecule has 0 spiro atoms. The van der Waals surface area contributed by atoms with Crippen molar-refractivity contribution in [3.05, 3.63) is 70.3 Å². The number of carbonyl (C=O) groups is 2. The third-order valence-electron chi connectivity index (χ3n) is 6.98. The molecular formula is C31H42F2N2O6. The zero-order chi connectivity index (χ0) is 29.9. The molecule has 1 fully saturated rings. The van der Waals surface area contributed by atoms with Crippen LogP contribution in [0, 0.1) is 18.6 Å². The molecule has 1 saturated heterocycles. The molecule has 0 bridgehead atoms. The second-order valence-electron chi connectivity index (χ2n) is 10.7. The Bertz CT molecular complexity index is 1130. The van der Waals surface area contributed by atoms with Crippen LogP contribution in [-0.4, -0.2) is 84.2 Å². The summed E-state index contributed by atoms with van der Waals surface area (Å²) in [6.45, 7) is 7.61. The van der Waals surface area contributed by atoms with Crippen LogP contribution in [0.3, 0.4) is 0 Å². The average molecular weight is 577 g/mol. The second-order valence-corrected chi connectivity index (χ2v) is 10.7. The molecular weight excluding hydrogens is 534 g/mol. The maximum absolute atomic E-state index is 13.9. The van der Waals surface area contributed by atoms with E-state index in [9.17, 15) is 28.6 Å². The molecule has 3 rings (SSSR count). The third kappa shape index (κ3) is 9.85. The van der Waals surface area contributed by atoms with E-state index < -0.39 is 35.8 Å². The van der Waals surface area contributed by atoms with Gasteiger partial charge in [0.2, 0.25) is 0 Å². The number of amides is 2. The van der Waals surface area contributed by atoms with Gasteiger partial charge in [0.15, 0.2) is 0 Å². The van der Waals surface area contributed by atoms with Crippen molar-refractivity contribution in [1.29, 1.82) is 0 Å². The molecule has 2 aromatic carbocycles. The summed E-state index contributed by atoms with van der Waals surface area (Å²) >= 11 is 0. The van der Waals surface area contributed by atoms with Crippen molar-refractivity contribution in [2.24, 2.45) is 0 Å². The Balaban J connectivity index is 1.80.